The minimum Gasteiger partial charge on any atom is -0.363 e. The second kappa shape index (κ2) is 5.68. The summed E-state index contributed by atoms with van der Waals surface area (Å²) < 4.78 is 0. The van der Waals surface area contributed by atoms with Gasteiger partial charge >= 0.3 is 0 Å². The smallest absolute Gasteiger partial charge is 0.105 e. The molecule has 2 rings (SSSR count). The highest BCUT2D eigenvalue weighted by Crippen LogP contribution is 2.22. The Balaban J connectivity index is 2.34. The number of hydrogen-bond donors (Lipinski definition) is 0. The first-order chi connectivity index (χ1) is 8.70. The molecule has 1 heterocycles. The molecule has 1 aliphatic heterocycles. The van der Waals surface area contributed by atoms with Crippen molar-refractivity contribution in [2.45, 2.75) is 32.6 Å². The number of amidine groups is 1. The Bertz CT molecular complexity index is 497. The fraction of sp³-hybridized carbons (Fsp3) is 0.467. The van der Waals surface area contributed by atoms with Crippen molar-refractivity contribution in [1.29, 1.82) is 5.26 Å². The van der Waals surface area contributed by atoms with Gasteiger partial charge in [-0.25, -0.2) is 4.99 Å². The molecule has 1 aromatic carbocycles. The Hall–Kier alpha value is -1.82. The van der Waals surface area contributed by atoms with Gasteiger partial charge in [0.2, 0.25) is 0 Å². The number of nitriles is 1. The standard InChI is InChI=1S/C15H19N3/c1-12-7-8-14(13(10-12)11-16)17-15-6-4-3-5-9-18(15)2/h7-8,10H,3-6,9H2,1-2H3. The van der Waals surface area contributed by atoms with E-state index in [4.69, 9.17) is 10.3 Å². The normalized spacial score (nSPS) is 18.5. The van der Waals surface area contributed by atoms with Crippen molar-refractivity contribution in [3.8, 4) is 6.07 Å². The van der Waals surface area contributed by atoms with Crippen molar-refractivity contribution >= 4 is 11.5 Å². The Kier molecular flexibility index (Phi) is 3.99. The van der Waals surface area contributed by atoms with Crippen LogP contribution in [0.25, 0.3) is 0 Å². The van der Waals surface area contributed by atoms with E-state index >= 15 is 0 Å². The van der Waals surface area contributed by atoms with Crippen LogP contribution in [0.5, 0.6) is 0 Å². The number of nitrogens with zero attached hydrogens (tertiary/aromatic N) is 3. The van der Waals surface area contributed by atoms with Crippen LogP contribution in [0.4, 0.5) is 5.69 Å². The first-order valence-corrected chi connectivity index (χ1v) is 6.50. The molecule has 1 saturated heterocycles. The summed E-state index contributed by atoms with van der Waals surface area (Å²) in [6.45, 7) is 3.06. The molecule has 0 aromatic heterocycles. The third kappa shape index (κ3) is 2.89. The van der Waals surface area contributed by atoms with E-state index in [1.54, 1.807) is 0 Å². The second-order valence-electron chi connectivity index (χ2n) is 4.89. The molecule has 0 spiro atoms. The largest absolute Gasteiger partial charge is 0.363 e. The molecule has 3 nitrogen and oxygen atoms in total. The molecule has 1 aliphatic rings. The fourth-order valence-electron chi connectivity index (χ4n) is 2.25. The number of aryl methyl sites for hydroxylation is 1. The molecule has 1 aromatic rings. The first kappa shape index (κ1) is 12.6. The van der Waals surface area contributed by atoms with Crippen molar-refractivity contribution in [3.63, 3.8) is 0 Å². The van der Waals surface area contributed by atoms with E-state index in [-0.39, 0.29) is 0 Å². The number of aliphatic imine (C=N–C) groups is 1. The lowest BCUT2D eigenvalue weighted by atomic mass is 10.1. The maximum atomic E-state index is 9.16. The topological polar surface area (TPSA) is 39.4 Å². The Morgan fingerprint density at radius 2 is 2.11 bits per heavy atom. The van der Waals surface area contributed by atoms with E-state index in [2.05, 4.69) is 18.0 Å². The van der Waals surface area contributed by atoms with E-state index in [1.165, 1.54) is 19.3 Å². The van der Waals surface area contributed by atoms with Crippen LogP contribution in [0, 0.1) is 18.3 Å². The average Bonchev–Trinajstić information content (AvgIpc) is 2.57. The lowest BCUT2D eigenvalue weighted by molar-refractivity contribution is 0.494. The predicted molar refractivity (Wildman–Crippen MR) is 74.1 cm³/mol. The number of hydrogen-bond acceptors (Lipinski definition) is 2. The summed E-state index contributed by atoms with van der Waals surface area (Å²) >= 11 is 0. The predicted octanol–water partition coefficient (Wildman–Crippen LogP) is 3.40. The van der Waals surface area contributed by atoms with Gasteiger partial charge in [-0.1, -0.05) is 12.5 Å². The van der Waals surface area contributed by atoms with Gasteiger partial charge in [-0.2, -0.15) is 5.26 Å². The lowest BCUT2D eigenvalue weighted by Gasteiger charge is -2.18. The maximum absolute atomic E-state index is 9.16. The Morgan fingerprint density at radius 3 is 2.89 bits per heavy atom. The van der Waals surface area contributed by atoms with Crippen LogP contribution >= 0.6 is 0 Å². The maximum Gasteiger partial charge on any atom is 0.105 e. The molecule has 0 saturated carbocycles. The van der Waals surface area contributed by atoms with Crippen molar-refractivity contribution in [3.05, 3.63) is 29.3 Å². The van der Waals surface area contributed by atoms with Crippen molar-refractivity contribution in [2.24, 2.45) is 4.99 Å². The van der Waals surface area contributed by atoms with Crippen LogP contribution in [0.2, 0.25) is 0 Å². The number of rotatable bonds is 1. The van der Waals surface area contributed by atoms with Gasteiger partial charge in [0.1, 0.15) is 11.9 Å². The molecule has 0 aliphatic carbocycles. The van der Waals surface area contributed by atoms with Gasteiger partial charge in [-0.3, -0.25) is 0 Å². The minimum atomic E-state index is 0.667. The monoisotopic (exact) mass is 241 g/mol. The highest BCUT2D eigenvalue weighted by atomic mass is 15.2. The zero-order valence-corrected chi connectivity index (χ0v) is 11.1. The van der Waals surface area contributed by atoms with Gasteiger partial charge in [0, 0.05) is 20.0 Å². The number of benzene rings is 1. The highest BCUT2D eigenvalue weighted by Gasteiger charge is 2.12. The third-order valence-corrected chi connectivity index (χ3v) is 3.36. The van der Waals surface area contributed by atoms with Gasteiger partial charge in [-0.15, -0.1) is 0 Å². The van der Waals surface area contributed by atoms with Gasteiger partial charge in [0.15, 0.2) is 0 Å². The summed E-state index contributed by atoms with van der Waals surface area (Å²) in [6.07, 6.45) is 4.70. The third-order valence-electron chi connectivity index (χ3n) is 3.36. The van der Waals surface area contributed by atoms with Crippen LogP contribution in [0.3, 0.4) is 0 Å². The van der Waals surface area contributed by atoms with E-state index in [1.807, 2.05) is 25.1 Å². The Labute approximate surface area is 109 Å². The molecule has 3 heteroatoms. The second-order valence-corrected chi connectivity index (χ2v) is 4.89. The van der Waals surface area contributed by atoms with Crippen LogP contribution < -0.4 is 0 Å². The summed E-state index contributed by atoms with van der Waals surface area (Å²) in [7, 11) is 2.09. The molecule has 0 unspecified atom stereocenters. The highest BCUT2D eigenvalue weighted by molar-refractivity contribution is 5.85. The quantitative estimate of drug-likeness (QED) is 0.756. The van der Waals surface area contributed by atoms with Crippen LogP contribution in [-0.2, 0) is 0 Å². The van der Waals surface area contributed by atoms with Gasteiger partial charge in [0.05, 0.1) is 11.3 Å². The van der Waals surface area contributed by atoms with Crippen LogP contribution in [0.15, 0.2) is 23.2 Å². The SMILES string of the molecule is Cc1ccc(N=C2CCCCCN2C)c(C#N)c1. The van der Waals surface area contributed by atoms with Gasteiger partial charge in [-0.05, 0) is 37.5 Å². The summed E-state index contributed by atoms with van der Waals surface area (Å²) in [5, 5.41) is 9.16. The molecule has 94 valence electrons. The molecule has 18 heavy (non-hydrogen) atoms. The molecule has 0 atom stereocenters. The van der Waals surface area contributed by atoms with E-state index in [0.717, 1.165) is 30.1 Å². The van der Waals surface area contributed by atoms with Gasteiger partial charge in [0.25, 0.3) is 0 Å². The number of likely N-dealkylation sites (tertiary alicyclic amines) is 1. The molecule has 0 bridgehead atoms. The summed E-state index contributed by atoms with van der Waals surface area (Å²) in [6, 6.07) is 8.08. The van der Waals surface area contributed by atoms with Crippen LogP contribution in [-0.4, -0.2) is 24.3 Å². The Morgan fingerprint density at radius 1 is 1.28 bits per heavy atom. The summed E-state index contributed by atoms with van der Waals surface area (Å²) in [4.78, 5) is 6.91. The average molecular weight is 241 g/mol. The zero-order chi connectivity index (χ0) is 13.0. The molecular weight excluding hydrogens is 222 g/mol. The lowest BCUT2D eigenvalue weighted by Crippen LogP contribution is -2.25. The molecule has 0 radical (unpaired) electrons. The van der Waals surface area contributed by atoms with E-state index in [9.17, 15) is 0 Å². The van der Waals surface area contributed by atoms with Crippen molar-refractivity contribution in [2.75, 3.05) is 13.6 Å². The van der Waals surface area contributed by atoms with Crippen molar-refractivity contribution < 1.29 is 0 Å². The fourth-order valence-corrected chi connectivity index (χ4v) is 2.25. The first-order valence-electron chi connectivity index (χ1n) is 6.50. The molecular formula is C15H19N3. The molecule has 0 N–H and O–H groups in total. The van der Waals surface area contributed by atoms with E-state index < -0.39 is 0 Å². The van der Waals surface area contributed by atoms with E-state index in [0.29, 0.717) is 5.56 Å². The molecule has 1 fully saturated rings. The summed E-state index contributed by atoms with van der Waals surface area (Å²) in [5.41, 5.74) is 2.57. The summed E-state index contributed by atoms with van der Waals surface area (Å²) in [5.74, 6) is 1.10. The van der Waals surface area contributed by atoms with Crippen LogP contribution in [0.1, 0.15) is 36.8 Å². The minimum absolute atomic E-state index is 0.667. The van der Waals surface area contributed by atoms with Gasteiger partial charge < -0.3 is 4.90 Å². The molecule has 0 amide bonds. The van der Waals surface area contributed by atoms with Crippen molar-refractivity contribution in [1.82, 2.24) is 4.90 Å². The zero-order valence-electron chi connectivity index (χ0n) is 11.1.